The Balaban J connectivity index is 2.76. The van der Waals surface area contributed by atoms with Gasteiger partial charge in [-0.2, -0.15) is 13.2 Å². The largest absolute Gasteiger partial charge is 0.497 e. The number of nitrogens with one attached hydrogen (secondary N) is 1. The minimum absolute atomic E-state index is 0.225. The lowest BCUT2D eigenvalue weighted by Crippen LogP contribution is -2.41. The zero-order valence-corrected chi connectivity index (χ0v) is 10.5. The highest BCUT2D eigenvalue weighted by Crippen LogP contribution is 2.16. The molecule has 1 amide bonds. The van der Waals surface area contributed by atoms with Crippen LogP contribution in [0, 0.1) is 0 Å². The van der Waals surface area contributed by atoms with Gasteiger partial charge in [0.15, 0.2) is 0 Å². The molecule has 0 radical (unpaired) electrons. The van der Waals surface area contributed by atoms with Gasteiger partial charge in [0.25, 0.3) is 0 Å². The van der Waals surface area contributed by atoms with Gasteiger partial charge in [-0.3, -0.25) is 4.79 Å². The predicted molar refractivity (Wildman–Crippen MR) is 59.8 cm³/mol. The van der Waals surface area contributed by atoms with Crippen molar-refractivity contribution in [3.8, 4) is 5.75 Å². The van der Waals surface area contributed by atoms with Crippen molar-refractivity contribution in [2.24, 2.45) is 0 Å². The summed E-state index contributed by atoms with van der Waals surface area (Å²) in [5.74, 6) is -2.78. The quantitative estimate of drug-likeness (QED) is 0.906. The van der Waals surface area contributed by atoms with Gasteiger partial charge in [-0.1, -0.05) is 12.1 Å². The minimum Gasteiger partial charge on any atom is -0.497 e. The fourth-order valence-electron chi connectivity index (χ4n) is 1.18. The zero-order chi connectivity index (χ0) is 14.7. The zero-order valence-electron chi connectivity index (χ0n) is 9.69. The molecule has 1 rings (SSSR count). The van der Waals surface area contributed by atoms with Crippen LogP contribution in [0.3, 0.4) is 0 Å². The molecule has 0 unspecified atom stereocenters. The Labute approximate surface area is 107 Å². The van der Waals surface area contributed by atoms with E-state index in [0.717, 1.165) is 4.72 Å². The van der Waals surface area contributed by atoms with Crippen LogP contribution in [0.5, 0.6) is 5.75 Å². The molecular formula is C10H10F3NO4S. The van der Waals surface area contributed by atoms with Gasteiger partial charge in [0.05, 0.1) is 12.9 Å². The Morgan fingerprint density at radius 1 is 1.26 bits per heavy atom. The van der Waals surface area contributed by atoms with Crippen LogP contribution in [0.2, 0.25) is 0 Å². The summed E-state index contributed by atoms with van der Waals surface area (Å²) in [6.45, 7) is 0. The molecule has 0 aliphatic rings. The number of alkyl halides is 3. The number of carbonyl (C=O) groups is 1. The molecule has 0 fully saturated rings. The third kappa shape index (κ3) is 4.78. The summed E-state index contributed by atoms with van der Waals surface area (Å²) < 4.78 is 64.3. The van der Waals surface area contributed by atoms with Crippen LogP contribution in [0.25, 0.3) is 0 Å². The van der Waals surface area contributed by atoms with Crippen molar-refractivity contribution >= 4 is 15.9 Å². The fourth-order valence-corrected chi connectivity index (χ4v) is 2.28. The normalized spacial score (nSPS) is 12.0. The Bertz CT molecular complexity index is 551. The summed E-state index contributed by atoms with van der Waals surface area (Å²) in [4.78, 5) is 10.5. The van der Waals surface area contributed by atoms with Crippen molar-refractivity contribution in [3.63, 3.8) is 0 Å². The SMILES string of the molecule is COc1ccc(CS(=O)(=O)NC(=O)C(F)(F)F)cc1. The van der Waals surface area contributed by atoms with Gasteiger partial charge in [-0.25, -0.2) is 13.1 Å². The van der Waals surface area contributed by atoms with Crippen molar-refractivity contribution in [3.05, 3.63) is 29.8 Å². The molecular weight excluding hydrogens is 287 g/mol. The first-order valence-electron chi connectivity index (χ1n) is 4.88. The molecule has 1 aromatic rings. The fraction of sp³-hybridized carbons (Fsp3) is 0.300. The van der Waals surface area contributed by atoms with Gasteiger partial charge < -0.3 is 4.74 Å². The number of carbonyl (C=O) groups excluding carboxylic acids is 1. The predicted octanol–water partition coefficient (Wildman–Crippen LogP) is 1.20. The highest BCUT2D eigenvalue weighted by Gasteiger charge is 2.40. The molecule has 1 aromatic carbocycles. The van der Waals surface area contributed by atoms with Crippen LogP contribution in [0.4, 0.5) is 13.2 Å². The van der Waals surface area contributed by atoms with Crippen molar-refractivity contribution < 1.29 is 31.1 Å². The first-order valence-corrected chi connectivity index (χ1v) is 6.54. The number of benzene rings is 1. The van der Waals surface area contributed by atoms with Crippen LogP contribution in [0.1, 0.15) is 5.56 Å². The topological polar surface area (TPSA) is 72.5 Å². The molecule has 0 aliphatic heterocycles. The van der Waals surface area contributed by atoms with Gasteiger partial charge in [-0.15, -0.1) is 0 Å². The molecule has 5 nitrogen and oxygen atoms in total. The van der Waals surface area contributed by atoms with E-state index in [9.17, 15) is 26.4 Å². The average molecular weight is 297 g/mol. The smallest absolute Gasteiger partial charge is 0.472 e. The van der Waals surface area contributed by atoms with E-state index in [-0.39, 0.29) is 5.56 Å². The third-order valence-electron chi connectivity index (χ3n) is 2.02. The van der Waals surface area contributed by atoms with Gasteiger partial charge in [-0.05, 0) is 17.7 Å². The Kier molecular flexibility index (Phi) is 4.40. The van der Waals surface area contributed by atoms with Crippen LogP contribution < -0.4 is 9.46 Å². The number of sulfonamides is 1. The van der Waals surface area contributed by atoms with Crippen LogP contribution >= 0.6 is 0 Å². The summed E-state index contributed by atoms with van der Waals surface area (Å²) in [6, 6.07) is 5.65. The van der Waals surface area contributed by atoms with Crippen molar-refractivity contribution in [1.29, 1.82) is 0 Å². The van der Waals surface area contributed by atoms with E-state index in [1.807, 2.05) is 0 Å². The number of methoxy groups -OCH3 is 1. The van der Waals surface area contributed by atoms with E-state index in [0.29, 0.717) is 5.75 Å². The Hall–Kier alpha value is -1.77. The van der Waals surface area contributed by atoms with Crippen LogP contribution in [0.15, 0.2) is 24.3 Å². The second-order valence-corrected chi connectivity index (χ2v) is 5.26. The number of hydrogen-bond donors (Lipinski definition) is 1. The molecule has 0 aliphatic carbocycles. The maximum absolute atomic E-state index is 11.9. The monoisotopic (exact) mass is 297 g/mol. The summed E-state index contributed by atoms with van der Waals surface area (Å²) in [5.41, 5.74) is 0.225. The molecule has 19 heavy (non-hydrogen) atoms. The second-order valence-electron chi connectivity index (χ2n) is 3.54. The lowest BCUT2D eigenvalue weighted by molar-refractivity contribution is -0.171. The second kappa shape index (κ2) is 5.47. The lowest BCUT2D eigenvalue weighted by atomic mass is 10.2. The van der Waals surface area contributed by atoms with E-state index in [2.05, 4.69) is 0 Å². The number of amides is 1. The first kappa shape index (κ1) is 15.3. The van der Waals surface area contributed by atoms with E-state index in [1.165, 1.54) is 31.4 Å². The highest BCUT2D eigenvalue weighted by atomic mass is 32.2. The van der Waals surface area contributed by atoms with Gasteiger partial charge in [0.1, 0.15) is 5.75 Å². The van der Waals surface area contributed by atoms with Gasteiger partial charge in [0.2, 0.25) is 10.0 Å². The lowest BCUT2D eigenvalue weighted by Gasteiger charge is -2.09. The molecule has 9 heteroatoms. The summed E-state index contributed by atoms with van der Waals surface area (Å²) >= 11 is 0. The van der Waals surface area contributed by atoms with E-state index >= 15 is 0 Å². The molecule has 0 atom stereocenters. The maximum atomic E-state index is 11.9. The molecule has 0 spiro atoms. The third-order valence-corrected chi connectivity index (χ3v) is 3.23. The molecule has 0 bridgehead atoms. The Morgan fingerprint density at radius 3 is 2.21 bits per heavy atom. The molecule has 106 valence electrons. The first-order chi connectivity index (χ1) is 8.64. The average Bonchev–Trinajstić information content (AvgIpc) is 2.27. The number of halogens is 3. The number of rotatable bonds is 4. The maximum Gasteiger partial charge on any atom is 0.472 e. The molecule has 0 saturated heterocycles. The highest BCUT2D eigenvalue weighted by molar-refractivity contribution is 7.89. The van der Waals surface area contributed by atoms with Crippen molar-refractivity contribution in [2.45, 2.75) is 11.9 Å². The van der Waals surface area contributed by atoms with Crippen molar-refractivity contribution in [2.75, 3.05) is 7.11 Å². The van der Waals surface area contributed by atoms with Crippen molar-refractivity contribution in [1.82, 2.24) is 4.72 Å². The van der Waals surface area contributed by atoms with Crippen LogP contribution in [-0.2, 0) is 20.6 Å². The Morgan fingerprint density at radius 2 is 1.79 bits per heavy atom. The van der Waals surface area contributed by atoms with Gasteiger partial charge >= 0.3 is 12.1 Å². The van der Waals surface area contributed by atoms with Crippen LogP contribution in [-0.4, -0.2) is 27.6 Å². The molecule has 0 heterocycles. The number of hydrogen-bond acceptors (Lipinski definition) is 4. The van der Waals surface area contributed by atoms with E-state index in [4.69, 9.17) is 4.74 Å². The molecule has 0 aromatic heterocycles. The minimum atomic E-state index is -5.24. The molecule has 1 N–H and O–H groups in total. The van der Waals surface area contributed by atoms with E-state index in [1.54, 1.807) is 0 Å². The van der Waals surface area contributed by atoms with E-state index < -0.39 is 27.9 Å². The summed E-state index contributed by atoms with van der Waals surface area (Å²) in [7, 11) is -2.98. The molecule has 0 saturated carbocycles. The summed E-state index contributed by atoms with van der Waals surface area (Å²) in [5, 5.41) is 0. The van der Waals surface area contributed by atoms with Gasteiger partial charge in [0, 0.05) is 0 Å². The standard InChI is InChI=1S/C10H10F3NO4S/c1-18-8-4-2-7(3-5-8)6-19(16,17)14-9(15)10(11,12)13/h2-5H,6H2,1H3,(H,14,15). The summed E-state index contributed by atoms with van der Waals surface area (Å²) in [6.07, 6.45) is -5.24. The number of ether oxygens (including phenoxy) is 1.